The zero-order valence-electron chi connectivity index (χ0n) is 18.7. The highest BCUT2D eigenvalue weighted by molar-refractivity contribution is 7.99. The van der Waals surface area contributed by atoms with Crippen LogP contribution in [0.3, 0.4) is 0 Å². The normalized spacial score (nSPS) is 15.1. The molecule has 0 saturated carbocycles. The van der Waals surface area contributed by atoms with E-state index in [1.165, 1.54) is 0 Å². The average molecular weight is 485 g/mol. The molecular formula is C24H25ClN4O3S. The van der Waals surface area contributed by atoms with Gasteiger partial charge in [0.1, 0.15) is 18.4 Å². The molecule has 0 aliphatic carbocycles. The summed E-state index contributed by atoms with van der Waals surface area (Å²) in [6.45, 7) is 6.30. The molecule has 2 aromatic carbocycles. The van der Waals surface area contributed by atoms with Crippen molar-refractivity contribution in [1.29, 1.82) is 0 Å². The number of thioether (sulfide) groups is 1. The number of hydrogen-bond donors (Lipinski definition) is 1. The van der Waals surface area contributed by atoms with Crippen LogP contribution in [0, 0.1) is 0 Å². The average Bonchev–Trinajstić information content (AvgIpc) is 3.20. The molecule has 1 atom stereocenters. The third-order valence-corrected chi connectivity index (χ3v) is 6.22. The molecule has 172 valence electrons. The molecule has 0 radical (unpaired) electrons. The predicted molar refractivity (Wildman–Crippen MR) is 130 cm³/mol. The summed E-state index contributed by atoms with van der Waals surface area (Å²) in [5.41, 5.74) is 2.92. The van der Waals surface area contributed by atoms with Gasteiger partial charge in [-0.1, -0.05) is 60.6 Å². The van der Waals surface area contributed by atoms with Gasteiger partial charge in [-0.2, -0.15) is 4.98 Å². The molecule has 1 N–H and O–H groups in total. The Morgan fingerprint density at radius 1 is 1.21 bits per heavy atom. The van der Waals surface area contributed by atoms with Crippen LogP contribution >= 0.6 is 23.4 Å². The second-order valence-electron chi connectivity index (χ2n) is 7.33. The molecule has 1 aliphatic heterocycles. The van der Waals surface area contributed by atoms with Crippen molar-refractivity contribution in [2.75, 3.05) is 17.7 Å². The molecule has 0 bridgehead atoms. The summed E-state index contributed by atoms with van der Waals surface area (Å²) in [7, 11) is 0. The van der Waals surface area contributed by atoms with Crippen molar-refractivity contribution >= 4 is 35.3 Å². The number of rotatable bonds is 8. The fourth-order valence-electron chi connectivity index (χ4n) is 3.65. The molecule has 0 spiro atoms. The smallest absolute Gasteiger partial charge is 0.338 e. The van der Waals surface area contributed by atoms with Crippen LogP contribution < -0.4 is 10.1 Å². The molecule has 2 heterocycles. The number of ether oxygens (including phenoxy) is 2. The molecule has 1 aromatic heterocycles. The Kier molecular flexibility index (Phi) is 7.25. The molecule has 1 aliphatic rings. The lowest BCUT2D eigenvalue weighted by Crippen LogP contribution is -2.29. The van der Waals surface area contributed by atoms with E-state index in [1.807, 2.05) is 62.4 Å². The highest BCUT2D eigenvalue weighted by Crippen LogP contribution is 2.37. The minimum atomic E-state index is -0.497. The quantitative estimate of drug-likeness (QED) is 0.335. The number of anilines is 1. The van der Waals surface area contributed by atoms with Crippen LogP contribution in [0.1, 0.15) is 37.9 Å². The first-order valence-corrected chi connectivity index (χ1v) is 12.1. The number of carbonyl (C=O) groups excluding carboxylic acids is 1. The molecule has 0 fully saturated rings. The largest absolute Gasteiger partial charge is 0.489 e. The maximum atomic E-state index is 12.9. The highest BCUT2D eigenvalue weighted by Gasteiger charge is 2.35. The van der Waals surface area contributed by atoms with Crippen molar-refractivity contribution < 1.29 is 14.3 Å². The second-order valence-corrected chi connectivity index (χ2v) is 8.97. The summed E-state index contributed by atoms with van der Waals surface area (Å²) in [4.78, 5) is 17.5. The van der Waals surface area contributed by atoms with E-state index in [4.69, 9.17) is 21.1 Å². The third-order valence-electron chi connectivity index (χ3n) is 5.13. The van der Waals surface area contributed by atoms with Gasteiger partial charge in [-0.25, -0.2) is 9.48 Å². The van der Waals surface area contributed by atoms with Crippen LogP contribution in [0.25, 0.3) is 0 Å². The lowest BCUT2D eigenvalue weighted by Gasteiger charge is -2.28. The van der Waals surface area contributed by atoms with Gasteiger partial charge in [0, 0.05) is 16.3 Å². The first-order chi connectivity index (χ1) is 16.0. The number of esters is 1. The van der Waals surface area contributed by atoms with Gasteiger partial charge in [-0.15, -0.1) is 5.10 Å². The van der Waals surface area contributed by atoms with Gasteiger partial charge in [-0.3, -0.25) is 0 Å². The van der Waals surface area contributed by atoms with Gasteiger partial charge in [0.05, 0.1) is 12.2 Å². The molecule has 0 saturated heterocycles. The monoisotopic (exact) mass is 484 g/mol. The van der Waals surface area contributed by atoms with Gasteiger partial charge in [0.25, 0.3) is 0 Å². The zero-order valence-corrected chi connectivity index (χ0v) is 20.2. The molecule has 0 amide bonds. The van der Waals surface area contributed by atoms with Gasteiger partial charge in [0.2, 0.25) is 11.1 Å². The van der Waals surface area contributed by atoms with Crippen LogP contribution in [0.4, 0.5) is 5.95 Å². The Bertz CT molecular complexity index is 1190. The lowest BCUT2D eigenvalue weighted by atomic mass is 9.95. The number of halogens is 1. The Hall–Kier alpha value is -2.97. The van der Waals surface area contributed by atoms with Crippen LogP contribution in [-0.4, -0.2) is 33.1 Å². The number of aromatic nitrogens is 3. The van der Waals surface area contributed by atoms with Crippen molar-refractivity contribution in [3.63, 3.8) is 0 Å². The van der Waals surface area contributed by atoms with Gasteiger partial charge < -0.3 is 14.8 Å². The lowest BCUT2D eigenvalue weighted by molar-refractivity contribution is -0.139. The molecule has 7 nitrogen and oxygen atoms in total. The third kappa shape index (κ3) is 5.02. The van der Waals surface area contributed by atoms with E-state index >= 15 is 0 Å². The molecule has 9 heteroatoms. The highest BCUT2D eigenvalue weighted by atomic mass is 35.5. The SMILES string of the molecule is CCOC(=O)C1=C(C)Nc2nc(SCC)nn2C1c1cccc(OCc2ccccc2Cl)c1. The number of nitrogens with zero attached hydrogens (tertiary/aromatic N) is 3. The number of hydrogen-bond acceptors (Lipinski definition) is 7. The van der Waals surface area contributed by atoms with Crippen LogP contribution in [0.15, 0.2) is 65.0 Å². The summed E-state index contributed by atoms with van der Waals surface area (Å²) < 4.78 is 13.1. The molecular weight excluding hydrogens is 460 g/mol. The van der Waals surface area contributed by atoms with Crippen molar-refractivity contribution in [2.24, 2.45) is 0 Å². The molecule has 1 unspecified atom stereocenters. The zero-order chi connectivity index (χ0) is 23.4. The predicted octanol–water partition coefficient (Wildman–Crippen LogP) is 5.47. The van der Waals surface area contributed by atoms with Gasteiger partial charge in [-0.05, 0) is 43.4 Å². The molecule has 33 heavy (non-hydrogen) atoms. The number of benzene rings is 2. The van der Waals surface area contributed by atoms with Gasteiger partial charge >= 0.3 is 5.97 Å². The Balaban J connectivity index is 1.70. The van der Waals surface area contributed by atoms with E-state index in [2.05, 4.69) is 15.4 Å². The van der Waals surface area contributed by atoms with E-state index in [0.717, 1.165) is 16.9 Å². The maximum absolute atomic E-state index is 12.9. The van der Waals surface area contributed by atoms with E-state index in [0.29, 0.717) is 39.8 Å². The number of fused-ring (bicyclic) bond motifs is 1. The topological polar surface area (TPSA) is 78.3 Å². The Labute approximate surface area is 202 Å². The summed E-state index contributed by atoms with van der Waals surface area (Å²) in [6, 6.07) is 14.7. The minimum absolute atomic E-state index is 0.282. The Morgan fingerprint density at radius 3 is 2.79 bits per heavy atom. The standard InChI is InChI=1S/C24H25ClN4O3S/c1-4-31-22(30)20-15(3)26-23-27-24(33-5-2)28-29(23)21(20)16-10-8-11-18(13-16)32-14-17-9-6-7-12-19(17)25/h6-13,21H,4-5,14H2,1-3H3,(H,26,27,28). The summed E-state index contributed by atoms with van der Waals surface area (Å²) in [5, 5.41) is 9.17. The first kappa shape index (κ1) is 23.2. The fourth-order valence-corrected chi connectivity index (χ4v) is 4.40. The molecule has 3 aromatic rings. The van der Waals surface area contributed by atoms with Crippen molar-refractivity contribution in [1.82, 2.24) is 14.8 Å². The van der Waals surface area contributed by atoms with Crippen molar-refractivity contribution in [2.45, 2.75) is 38.6 Å². The summed E-state index contributed by atoms with van der Waals surface area (Å²) in [5.74, 6) is 1.71. The van der Waals surface area contributed by atoms with Crippen molar-refractivity contribution in [3.05, 3.63) is 76.0 Å². The van der Waals surface area contributed by atoms with E-state index in [1.54, 1.807) is 23.4 Å². The first-order valence-electron chi connectivity index (χ1n) is 10.7. The molecule has 4 rings (SSSR count). The van der Waals surface area contributed by atoms with Crippen molar-refractivity contribution in [3.8, 4) is 5.75 Å². The number of allylic oxidation sites excluding steroid dienone is 1. The van der Waals surface area contributed by atoms with E-state index in [-0.39, 0.29) is 12.6 Å². The Morgan fingerprint density at radius 2 is 2.03 bits per heavy atom. The van der Waals surface area contributed by atoms with Crippen LogP contribution in [-0.2, 0) is 16.1 Å². The van der Waals surface area contributed by atoms with E-state index in [9.17, 15) is 4.79 Å². The number of carbonyl (C=O) groups is 1. The maximum Gasteiger partial charge on any atom is 0.338 e. The van der Waals surface area contributed by atoms with Crippen LogP contribution in [0.5, 0.6) is 5.75 Å². The van der Waals surface area contributed by atoms with Crippen LogP contribution in [0.2, 0.25) is 5.02 Å². The number of nitrogens with one attached hydrogen (secondary N) is 1. The van der Waals surface area contributed by atoms with Gasteiger partial charge in [0.15, 0.2) is 0 Å². The van der Waals surface area contributed by atoms with E-state index < -0.39 is 6.04 Å². The summed E-state index contributed by atoms with van der Waals surface area (Å²) >= 11 is 7.80. The minimum Gasteiger partial charge on any atom is -0.489 e. The second kappa shape index (κ2) is 10.3. The fraction of sp³-hybridized carbons (Fsp3) is 0.292. The summed E-state index contributed by atoms with van der Waals surface area (Å²) in [6.07, 6.45) is 0.